The minimum Gasteiger partial charge on any atom is -0.399 e. The van der Waals surface area contributed by atoms with Crippen LogP contribution in [0.2, 0.25) is 0 Å². The van der Waals surface area contributed by atoms with Crippen molar-refractivity contribution in [2.45, 2.75) is 34.1 Å². The van der Waals surface area contributed by atoms with Crippen LogP contribution in [0.3, 0.4) is 0 Å². The summed E-state index contributed by atoms with van der Waals surface area (Å²) in [4.78, 5) is 4.34. The Morgan fingerprint density at radius 3 is 2.53 bits per heavy atom. The Labute approximate surface area is 92.2 Å². The molecular formula is C13H20N2. The van der Waals surface area contributed by atoms with E-state index in [1.54, 1.807) is 6.20 Å². The molecule has 2 nitrogen and oxygen atoms in total. The normalized spacial score (nSPS) is 11.5. The van der Waals surface area contributed by atoms with Crippen LogP contribution in [0.4, 0.5) is 0 Å². The summed E-state index contributed by atoms with van der Waals surface area (Å²) in [5, 5.41) is 0. The van der Waals surface area contributed by atoms with Gasteiger partial charge < -0.3 is 5.73 Å². The lowest BCUT2D eigenvalue weighted by molar-refractivity contribution is 0.409. The van der Waals surface area contributed by atoms with Crippen LogP contribution >= 0.6 is 0 Å². The summed E-state index contributed by atoms with van der Waals surface area (Å²) in [5.41, 5.74) is 9.77. The van der Waals surface area contributed by atoms with Gasteiger partial charge in [-0.2, -0.15) is 0 Å². The van der Waals surface area contributed by atoms with Gasteiger partial charge in [0, 0.05) is 23.2 Å². The van der Waals surface area contributed by atoms with Crippen LogP contribution in [-0.4, -0.2) is 4.98 Å². The molecule has 1 aromatic heterocycles. The summed E-state index contributed by atoms with van der Waals surface area (Å²) in [6.07, 6.45) is 2.79. The summed E-state index contributed by atoms with van der Waals surface area (Å²) in [6, 6.07) is 2.09. The summed E-state index contributed by atoms with van der Waals surface area (Å²) in [7, 11) is 0. The van der Waals surface area contributed by atoms with E-state index in [2.05, 4.69) is 38.4 Å². The van der Waals surface area contributed by atoms with Gasteiger partial charge >= 0.3 is 0 Å². The number of hydrogen-bond donors (Lipinski definition) is 1. The van der Waals surface area contributed by atoms with E-state index in [4.69, 9.17) is 5.73 Å². The van der Waals surface area contributed by atoms with Gasteiger partial charge in [0.05, 0.1) is 0 Å². The molecule has 82 valence electrons. The van der Waals surface area contributed by atoms with Crippen LogP contribution < -0.4 is 5.73 Å². The summed E-state index contributed by atoms with van der Waals surface area (Å²) in [6.45, 7) is 12.4. The van der Waals surface area contributed by atoms with E-state index >= 15 is 0 Å². The van der Waals surface area contributed by atoms with Crippen molar-refractivity contribution < 1.29 is 0 Å². The molecule has 0 saturated carbocycles. The molecule has 0 fully saturated rings. The lowest BCUT2D eigenvalue weighted by atomic mass is 9.87. The van der Waals surface area contributed by atoms with Crippen LogP contribution in [0.15, 0.2) is 18.8 Å². The molecule has 1 aromatic rings. The van der Waals surface area contributed by atoms with Gasteiger partial charge in [-0.15, -0.1) is 0 Å². The maximum Gasteiger partial charge on any atom is 0.0405 e. The van der Waals surface area contributed by atoms with E-state index in [0.717, 1.165) is 17.7 Å². The monoisotopic (exact) mass is 204 g/mol. The molecule has 0 aliphatic carbocycles. The molecule has 0 bridgehead atoms. The molecule has 0 saturated heterocycles. The molecule has 0 amide bonds. The second-order valence-corrected chi connectivity index (χ2v) is 5.23. The summed E-state index contributed by atoms with van der Waals surface area (Å²) in [5.74, 6) is 0. The standard InChI is InChI=1S/C13H20N2/c1-9(14)12-6-11(7-13(3,4)5)10(2)15-8-12/h6,8H,1,7,14H2,2-5H3. The molecule has 0 atom stereocenters. The minimum absolute atomic E-state index is 0.265. The molecule has 1 rings (SSSR count). The van der Waals surface area contributed by atoms with Crippen molar-refractivity contribution in [1.82, 2.24) is 4.98 Å². The summed E-state index contributed by atoms with van der Waals surface area (Å²) < 4.78 is 0. The van der Waals surface area contributed by atoms with Crippen molar-refractivity contribution in [2.24, 2.45) is 11.1 Å². The van der Waals surface area contributed by atoms with Crippen LogP contribution in [0.25, 0.3) is 5.70 Å². The lowest BCUT2D eigenvalue weighted by Crippen LogP contribution is -2.11. The smallest absolute Gasteiger partial charge is 0.0405 e. The number of aryl methyl sites for hydroxylation is 1. The van der Waals surface area contributed by atoms with E-state index < -0.39 is 0 Å². The third-order valence-corrected chi connectivity index (χ3v) is 2.28. The third-order valence-electron chi connectivity index (χ3n) is 2.28. The fourth-order valence-electron chi connectivity index (χ4n) is 1.50. The van der Waals surface area contributed by atoms with Gasteiger partial charge in [-0.3, -0.25) is 4.98 Å². The van der Waals surface area contributed by atoms with Crippen molar-refractivity contribution in [3.63, 3.8) is 0 Å². The molecule has 0 aliphatic rings. The highest BCUT2D eigenvalue weighted by molar-refractivity contribution is 5.60. The highest BCUT2D eigenvalue weighted by Gasteiger charge is 2.14. The minimum atomic E-state index is 0.265. The lowest BCUT2D eigenvalue weighted by Gasteiger charge is -2.19. The zero-order chi connectivity index (χ0) is 11.6. The Morgan fingerprint density at radius 1 is 1.47 bits per heavy atom. The van der Waals surface area contributed by atoms with Gasteiger partial charge in [0.1, 0.15) is 0 Å². The van der Waals surface area contributed by atoms with Crippen molar-refractivity contribution in [1.29, 1.82) is 0 Å². The number of pyridine rings is 1. The van der Waals surface area contributed by atoms with Crippen LogP contribution in [0, 0.1) is 12.3 Å². The second-order valence-electron chi connectivity index (χ2n) is 5.23. The van der Waals surface area contributed by atoms with Gasteiger partial charge in [-0.05, 0) is 30.4 Å². The van der Waals surface area contributed by atoms with E-state index in [-0.39, 0.29) is 5.41 Å². The number of hydrogen-bond acceptors (Lipinski definition) is 2. The van der Waals surface area contributed by atoms with Crippen molar-refractivity contribution in [3.8, 4) is 0 Å². The van der Waals surface area contributed by atoms with Gasteiger partial charge in [0.15, 0.2) is 0 Å². The van der Waals surface area contributed by atoms with Crippen molar-refractivity contribution >= 4 is 5.70 Å². The first-order valence-electron chi connectivity index (χ1n) is 5.20. The second kappa shape index (κ2) is 4.05. The zero-order valence-corrected chi connectivity index (χ0v) is 10.1. The molecule has 0 spiro atoms. The molecule has 1 heterocycles. The fourth-order valence-corrected chi connectivity index (χ4v) is 1.50. The Bertz CT molecular complexity index is 373. The summed E-state index contributed by atoms with van der Waals surface area (Å²) >= 11 is 0. The highest BCUT2D eigenvalue weighted by Crippen LogP contribution is 2.23. The van der Waals surface area contributed by atoms with Crippen LogP contribution in [0.5, 0.6) is 0 Å². The largest absolute Gasteiger partial charge is 0.399 e. The quantitative estimate of drug-likeness (QED) is 0.804. The van der Waals surface area contributed by atoms with Crippen LogP contribution in [-0.2, 0) is 6.42 Å². The third kappa shape index (κ3) is 3.39. The number of nitrogens with zero attached hydrogens (tertiary/aromatic N) is 1. The maximum atomic E-state index is 5.66. The van der Waals surface area contributed by atoms with Gasteiger partial charge in [-0.1, -0.05) is 27.4 Å². The molecule has 2 N–H and O–H groups in total. The molecular weight excluding hydrogens is 184 g/mol. The van der Waals surface area contributed by atoms with Gasteiger partial charge in [0.25, 0.3) is 0 Å². The Balaban J connectivity index is 3.06. The average molecular weight is 204 g/mol. The van der Waals surface area contributed by atoms with E-state index in [9.17, 15) is 0 Å². The van der Waals surface area contributed by atoms with Gasteiger partial charge in [-0.25, -0.2) is 0 Å². The SMILES string of the molecule is C=C(N)c1cnc(C)c(CC(C)(C)C)c1. The Hall–Kier alpha value is -1.31. The fraction of sp³-hybridized carbons (Fsp3) is 0.462. The Kier molecular flexibility index (Phi) is 3.18. The molecule has 0 radical (unpaired) electrons. The predicted octanol–water partition coefficient (Wildman–Crippen LogP) is 2.91. The van der Waals surface area contributed by atoms with Crippen molar-refractivity contribution in [3.05, 3.63) is 35.7 Å². The zero-order valence-electron chi connectivity index (χ0n) is 10.1. The molecule has 0 unspecified atom stereocenters. The molecule has 15 heavy (non-hydrogen) atoms. The molecule has 0 aromatic carbocycles. The topological polar surface area (TPSA) is 38.9 Å². The predicted molar refractivity (Wildman–Crippen MR) is 65.4 cm³/mol. The Morgan fingerprint density at radius 2 is 2.07 bits per heavy atom. The van der Waals surface area contributed by atoms with Crippen LogP contribution in [0.1, 0.15) is 37.6 Å². The first kappa shape index (κ1) is 11.8. The average Bonchev–Trinajstić information content (AvgIpc) is 2.06. The molecule has 2 heteroatoms. The first-order valence-corrected chi connectivity index (χ1v) is 5.20. The first-order chi connectivity index (χ1) is 6.79. The van der Waals surface area contributed by atoms with Gasteiger partial charge in [0.2, 0.25) is 0 Å². The van der Waals surface area contributed by atoms with E-state index in [1.807, 2.05) is 6.92 Å². The number of aromatic nitrogens is 1. The number of rotatable bonds is 2. The maximum absolute atomic E-state index is 5.66. The van der Waals surface area contributed by atoms with E-state index in [0.29, 0.717) is 5.70 Å². The van der Waals surface area contributed by atoms with Crippen molar-refractivity contribution in [2.75, 3.05) is 0 Å². The number of nitrogens with two attached hydrogens (primary N) is 1. The molecule has 0 aliphatic heterocycles. The highest BCUT2D eigenvalue weighted by atomic mass is 14.7. The van der Waals surface area contributed by atoms with E-state index in [1.165, 1.54) is 5.56 Å².